The van der Waals surface area contributed by atoms with Crippen LogP contribution >= 0.6 is 22.9 Å². The van der Waals surface area contributed by atoms with E-state index in [-0.39, 0.29) is 5.91 Å². The lowest BCUT2D eigenvalue weighted by Gasteiger charge is -2.09. The number of thiophene rings is 1. The fourth-order valence-corrected chi connectivity index (χ4v) is 3.88. The third-order valence-corrected chi connectivity index (χ3v) is 5.42. The van der Waals surface area contributed by atoms with E-state index >= 15 is 0 Å². The number of rotatable bonds is 7. The van der Waals surface area contributed by atoms with Crippen molar-refractivity contribution in [3.05, 3.63) is 75.2 Å². The number of aromatic nitrogens is 3. The fourth-order valence-electron chi connectivity index (χ4n) is 3.01. The fraction of sp³-hybridized carbons (Fsp3) is 0.190. The molecule has 1 amide bonds. The summed E-state index contributed by atoms with van der Waals surface area (Å²) in [5, 5.41) is 10.7. The van der Waals surface area contributed by atoms with E-state index in [4.69, 9.17) is 16.3 Å². The molecule has 0 atom stereocenters. The van der Waals surface area contributed by atoms with Gasteiger partial charge in [-0.25, -0.2) is 9.67 Å². The second kappa shape index (κ2) is 8.63. The Morgan fingerprint density at radius 2 is 2.17 bits per heavy atom. The van der Waals surface area contributed by atoms with Gasteiger partial charge in [0.2, 0.25) is 0 Å². The molecule has 0 saturated carbocycles. The first-order valence-corrected chi connectivity index (χ1v) is 10.4. The number of benzene rings is 1. The van der Waals surface area contributed by atoms with Crippen LogP contribution < -0.4 is 10.1 Å². The Kier molecular flexibility index (Phi) is 5.78. The van der Waals surface area contributed by atoms with Crippen molar-refractivity contribution >= 4 is 39.9 Å². The van der Waals surface area contributed by atoms with Gasteiger partial charge in [-0.2, -0.15) is 5.10 Å². The van der Waals surface area contributed by atoms with E-state index in [1.165, 1.54) is 4.88 Å². The van der Waals surface area contributed by atoms with Gasteiger partial charge in [0.05, 0.1) is 30.2 Å². The number of nitrogens with zero attached hydrogens (tertiary/aromatic N) is 3. The standard InChI is InChI=1S/C21H19ClN4O2S/c1-14-10-18(21(27)23-7-8-28-16-5-2-4-15(22)11-16)19-12-24-26(20(19)25-14)13-17-6-3-9-29-17/h2-6,9-12H,7-8,13H2,1H3,(H,23,27). The first-order chi connectivity index (χ1) is 14.1. The largest absolute Gasteiger partial charge is 0.492 e. The molecule has 6 nitrogen and oxygen atoms in total. The van der Waals surface area contributed by atoms with Gasteiger partial charge < -0.3 is 10.1 Å². The lowest BCUT2D eigenvalue weighted by molar-refractivity contribution is 0.0948. The first-order valence-electron chi connectivity index (χ1n) is 9.12. The molecule has 0 radical (unpaired) electrons. The van der Waals surface area contributed by atoms with Crippen molar-refractivity contribution in [2.75, 3.05) is 13.2 Å². The van der Waals surface area contributed by atoms with Gasteiger partial charge in [0.25, 0.3) is 5.91 Å². The SMILES string of the molecule is Cc1cc(C(=O)NCCOc2cccc(Cl)c2)c2cnn(Cc3cccs3)c2n1. The van der Waals surface area contributed by atoms with Crippen molar-refractivity contribution < 1.29 is 9.53 Å². The predicted octanol–water partition coefficient (Wildman–Crippen LogP) is 4.31. The van der Waals surface area contributed by atoms with E-state index in [9.17, 15) is 4.79 Å². The number of hydrogen-bond donors (Lipinski definition) is 1. The van der Waals surface area contributed by atoms with Crippen LogP contribution in [0, 0.1) is 6.92 Å². The zero-order chi connectivity index (χ0) is 20.2. The minimum atomic E-state index is -0.175. The minimum absolute atomic E-state index is 0.175. The second-order valence-corrected chi connectivity index (χ2v) is 7.96. The highest BCUT2D eigenvalue weighted by molar-refractivity contribution is 7.09. The molecule has 0 bridgehead atoms. The van der Waals surface area contributed by atoms with E-state index in [0.29, 0.717) is 41.7 Å². The molecule has 0 unspecified atom stereocenters. The zero-order valence-electron chi connectivity index (χ0n) is 15.8. The summed E-state index contributed by atoms with van der Waals surface area (Å²) in [6.07, 6.45) is 1.70. The summed E-state index contributed by atoms with van der Waals surface area (Å²) in [4.78, 5) is 18.5. The molecule has 4 aromatic rings. The third kappa shape index (κ3) is 4.58. The van der Waals surface area contributed by atoms with Crippen molar-refractivity contribution in [3.63, 3.8) is 0 Å². The van der Waals surface area contributed by atoms with E-state index < -0.39 is 0 Å². The first kappa shape index (κ1) is 19.4. The number of ether oxygens (including phenoxy) is 1. The summed E-state index contributed by atoms with van der Waals surface area (Å²) in [7, 11) is 0. The summed E-state index contributed by atoms with van der Waals surface area (Å²) >= 11 is 7.61. The Hall–Kier alpha value is -2.90. The smallest absolute Gasteiger partial charge is 0.252 e. The molecular weight excluding hydrogens is 408 g/mol. The lowest BCUT2D eigenvalue weighted by Crippen LogP contribution is -2.28. The van der Waals surface area contributed by atoms with Crippen LogP contribution in [0.25, 0.3) is 11.0 Å². The molecule has 8 heteroatoms. The average Bonchev–Trinajstić information content (AvgIpc) is 3.35. The molecule has 0 aliphatic heterocycles. The second-order valence-electron chi connectivity index (χ2n) is 6.49. The zero-order valence-corrected chi connectivity index (χ0v) is 17.3. The van der Waals surface area contributed by atoms with Crippen LogP contribution in [0.4, 0.5) is 0 Å². The summed E-state index contributed by atoms with van der Waals surface area (Å²) in [6, 6.07) is 13.0. The van der Waals surface area contributed by atoms with Crippen molar-refractivity contribution in [1.82, 2.24) is 20.1 Å². The lowest BCUT2D eigenvalue weighted by atomic mass is 10.1. The maximum absolute atomic E-state index is 12.8. The van der Waals surface area contributed by atoms with Gasteiger partial charge in [-0.15, -0.1) is 11.3 Å². The summed E-state index contributed by atoms with van der Waals surface area (Å²) < 4.78 is 7.45. The summed E-state index contributed by atoms with van der Waals surface area (Å²) in [5.41, 5.74) is 2.04. The number of pyridine rings is 1. The Morgan fingerprint density at radius 3 is 2.97 bits per heavy atom. The molecule has 0 aliphatic rings. The highest BCUT2D eigenvalue weighted by Crippen LogP contribution is 2.21. The van der Waals surface area contributed by atoms with Crippen molar-refractivity contribution in [3.8, 4) is 5.75 Å². The van der Waals surface area contributed by atoms with Crippen molar-refractivity contribution in [2.45, 2.75) is 13.5 Å². The number of carbonyl (C=O) groups is 1. The predicted molar refractivity (Wildman–Crippen MR) is 115 cm³/mol. The highest BCUT2D eigenvalue weighted by atomic mass is 35.5. The van der Waals surface area contributed by atoms with Gasteiger partial charge in [0, 0.05) is 15.6 Å². The molecule has 0 fully saturated rings. The molecule has 29 heavy (non-hydrogen) atoms. The molecule has 0 spiro atoms. The van der Waals surface area contributed by atoms with Gasteiger partial charge in [-0.05, 0) is 42.6 Å². The molecule has 0 saturated heterocycles. The van der Waals surface area contributed by atoms with E-state index in [1.54, 1.807) is 35.7 Å². The van der Waals surface area contributed by atoms with Crippen LogP contribution in [0.1, 0.15) is 20.9 Å². The normalized spacial score (nSPS) is 11.0. The van der Waals surface area contributed by atoms with Crippen LogP contribution in [0.5, 0.6) is 5.75 Å². The quantitative estimate of drug-likeness (QED) is 0.447. The van der Waals surface area contributed by atoms with Gasteiger partial charge in [0.1, 0.15) is 12.4 Å². The summed E-state index contributed by atoms with van der Waals surface area (Å²) in [5.74, 6) is 0.495. The molecule has 4 rings (SSSR count). The number of aryl methyl sites for hydroxylation is 1. The number of halogens is 1. The van der Waals surface area contributed by atoms with Gasteiger partial charge in [-0.3, -0.25) is 4.79 Å². The van der Waals surface area contributed by atoms with Gasteiger partial charge >= 0.3 is 0 Å². The van der Waals surface area contributed by atoms with Crippen LogP contribution in [0.2, 0.25) is 5.02 Å². The molecular formula is C21H19ClN4O2S. The molecule has 0 aliphatic carbocycles. The average molecular weight is 427 g/mol. The maximum Gasteiger partial charge on any atom is 0.252 e. The molecule has 1 aromatic carbocycles. The van der Waals surface area contributed by atoms with E-state index in [2.05, 4.69) is 21.5 Å². The minimum Gasteiger partial charge on any atom is -0.492 e. The number of amides is 1. The highest BCUT2D eigenvalue weighted by Gasteiger charge is 2.16. The summed E-state index contributed by atoms with van der Waals surface area (Å²) in [6.45, 7) is 3.22. The molecule has 148 valence electrons. The Labute approximate surface area is 177 Å². The number of carbonyl (C=O) groups excluding carboxylic acids is 1. The number of nitrogens with one attached hydrogen (secondary N) is 1. The van der Waals surface area contributed by atoms with Crippen molar-refractivity contribution in [1.29, 1.82) is 0 Å². The maximum atomic E-state index is 12.8. The molecule has 3 heterocycles. The van der Waals surface area contributed by atoms with E-state index in [1.807, 2.05) is 35.2 Å². The van der Waals surface area contributed by atoms with Crippen LogP contribution in [-0.2, 0) is 6.54 Å². The third-order valence-electron chi connectivity index (χ3n) is 4.32. The number of hydrogen-bond acceptors (Lipinski definition) is 5. The monoisotopic (exact) mass is 426 g/mol. The Morgan fingerprint density at radius 1 is 1.28 bits per heavy atom. The van der Waals surface area contributed by atoms with Gasteiger partial charge in [-0.1, -0.05) is 23.7 Å². The van der Waals surface area contributed by atoms with Crippen molar-refractivity contribution in [2.24, 2.45) is 0 Å². The molecule has 1 N–H and O–H groups in total. The van der Waals surface area contributed by atoms with Crippen LogP contribution in [0.3, 0.4) is 0 Å². The Balaban J connectivity index is 1.45. The van der Waals surface area contributed by atoms with Crippen LogP contribution in [0.15, 0.2) is 54.0 Å². The van der Waals surface area contributed by atoms with Crippen LogP contribution in [-0.4, -0.2) is 33.8 Å². The Bertz CT molecular complexity index is 1140. The van der Waals surface area contributed by atoms with Gasteiger partial charge in [0.15, 0.2) is 5.65 Å². The number of fused-ring (bicyclic) bond motifs is 1. The topological polar surface area (TPSA) is 69.0 Å². The molecule has 3 aromatic heterocycles. The van der Waals surface area contributed by atoms with E-state index in [0.717, 1.165) is 11.1 Å².